The first-order chi connectivity index (χ1) is 8.75. The molecular formula is C12H18N2O4. The first-order valence-corrected chi connectivity index (χ1v) is 6.55. The maximum absolute atomic E-state index is 12.3. The zero-order chi connectivity index (χ0) is 12.5. The largest absolute Gasteiger partial charge is 0.447 e. The molecule has 0 aromatic rings. The van der Waals surface area contributed by atoms with Gasteiger partial charge < -0.3 is 14.4 Å². The fourth-order valence-corrected chi connectivity index (χ4v) is 2.89. The van der Waals surface area contributed by atoms with E-state index in [1.165, 1.54) is 0 Å². The number of fused-ring (bicyclic) bond motifs is 1. The van der Waals surface area contributed by atoms with E-state index in [9.17, 15) is 9.59 Å². The lowest BCUT2D eigenvalue weighted by molar-refractivity contribution is -0.140. The second-order valence-corrected chi connectivity index (χ2v) is 5.10. The van der Waals surface area contributed by atoms with Crippen LogP contribution < -0.4 is 0 Å². The van der Waals surface area contributed by atoms with Gasteiger partial charge in [-0.05, 0) is 12.8 Å². The summed E-state index contributed by atoms with van der Waals surface area (Å²) in [4.78, 5) is 27.3. The molecule has 0 radical (unpaired) electrons. The average molecular weight is 254 g/mol. The summed E-state index contributed by atoms with van der Waals surface area (Å²) in [5, 5.41) is 0. The second-order valence-electron chi connectivity index (χ2n) is 5.10. The summed E-state index contributed by atoms with van der Waals surface area (Å²) in [6.07, 6.45) is 1.40. The zero-order valence-electron chi connectivity index (χ0n) is 10.3. The summed E-state index contributed by atoms with van der Waals surface area (Å²) in [6, 6.07) is 0.0510. The molecule has 0 unspecified atom stereocenters. The Morgan fingerprint density at radius 1 is 1.22 bits per heavy atom. The van der Waals surface area contributed by atoms with Gasteiger partial charge in [-0.25, -0.2) is 4.79 Å². The molecule has 0 N–H and O–H groups in total. The summed E-state index contributed by atoms with van der Waals surface area (Å²) >= 11 is 0. The molecule has 0 bridgehead atoms. The summed E-state index contributed by atoms with van der Waals surface area (Å²) in [5.74, 6) is 0.320. The van der Waals surface area contributed by atoms with Crippen LogP contribution in [0.5, 0.6) is 0 Å². The molecule has 3 heterocycles. The lowest BCUT2D eigenvalue weighted by atomic mass is 9.98. The van der Waals surface area contributed by atoms with Crippen molar-refractivity contribution >= 4 is 12.0 Å². The third-order valence-corrected chi connectivity index (χ3v) is 4.00. The Hall–Kier alpha value is -1.30. The number of hydrogen-bond donors (Lipinski definition) is 0. The van der Waals surface area contributed by atoms with Gasteiger partial charge in [-0.15, -0.1) is 0 Å². The Balaban J connectivity index is 1.60. The summed E-state index contributed by atoms with van der Waals surface area (Å²) in [7, 11) is 0. The lowest BCUT2D eigenvalue weighted by Crippen LogP contribution is -2.55. The van der Waals surface area contributed by atoms with Gasteiger partial charge in [-0.2, -0.15) is 0 Å². The zero-order valence-corrected chi connectivity index (χ0v) is 10.3. The van der Waals surface area contributed by atoms with Gasteiger partial charge in [0, 0.05) is 38.8 Å². The highest BCUT2D eigenvalue weighted by molar-refractivity contribution is 5.79. The van der Waals surface area contributed by atoms with Crippen LogP contribution in [0, 0.1) is 5.92 Å². The normalized spacial score (nSPS) is 29.1. The minimum Gasteiger partial charge on any atom is -0.447 e. The maximum atomic E-state index is 12.3. The van der Waals surface area contributed by atoms with E-state index in [0.29, 0.717) is 39.5 Å². The lowest BCUT2D eigenvalue weighted by Gasteiger charge is -2.37. The highest BCUT2D eigenvalue weighted by Gasteiger charge is 2.39. The van der Waals surface area contributed by atoms with E-state index in [4.69, 9.17) is 9.47 Å². The highest BCUT2D eigenvalue weighted by Crippen LogP contribution is 2.22. The van der Waals surface area contributed by atoms with Gasteiger partial charge in [-0.1, -0.05) is 0 Å². The first kappa shape index (κ1) is 11.8. The summed E-state index contributed by atoms with van der Waals surface area (Å²) in [6.45, 7) is 3.61. The number of carbonyl (C=O) groups excluding carboxylic acids is 2. The minimum atomic E-state index is -0.238. The molecular weight excluding hydrogens is 236 g/mol. The van der Waals surface area contributed by atoms with Crippen LogP contribution in [0.15, 0.2) is 0 Å². The van der Waals surface area contributed by atoms with Crippen LogP contribution in [0.1, 0.15) is 12.8 Å². The number of ether oxygens (including phenoxy) is 2. The van der Waals surface area contributed by atoms with E-state index in [0.717, 1.165) is 12.8 Å². The van der Waals surface area contributed by atoms with Crippen LogP contribution in [0.3, 0.4) is 0 Å². The molecule has 3 rings (SSSR count). The van der Waals surface area contributed by atoms with Gasteiger partial charge in [0.1, 0.15) is 6.61 Å². The van der Waals surface area contributed by atoms with Gasteiger partial charge in [-0.3, -0.25) is 9.69 Å². The predicted molar refractivity (Wildman–Crippen MR) is 62.0 cm³/mol. The van der Waals surface area contributed by atoms with E-state index in [1.807, 2.05) is 4.90 Å². The standard InChI is InChI=1S/C12H18N2O4/c15-11(9-1-5-17-6-2-9)13-3-4-14-10(7-13)8-18-12(14)16/h9-10H,1-8H2/t10-/m0/s1. The SMILES string of the molecule is O=C(C1CCOCC1)N1CCN2C(=O)OC[C@@H]2C1. The molecule has 3 fully saturated rings. The summed E-state index contributed by atoms with van der Waals surface area (Å²) < 4.78 is 10.3. The Morgan fingerprint density at radius 2 is 2.00 bits per heavy atom. The Morgan fingerprint density at radius 3 is 2.78 bits per heavy atom. The van der Waals surface area contributed by atoms with Crippen LogP contribution in [0.25, 0.3) is 0 Å². The molecule has 6 heteroatoms. The molecule has 100 valence electrons. The number of piperazine rings is 1. The number of cyclic esters (lactones) is 1. The summed E-state index contributed by atoms with van der Waals surface area (Å²) in [5.41, 5.74) is 0. The van der Waals surface area contributed by atoms with E-state index in [-0.39, 0.29) is 24.0 Å². The van der Waals surface area contributed by atoms with Crippen molar-refractivity contribution in [3.8, 4) is 0 Å². The van der Waals surface area contributed by atoms with Gasteiger partial charge in [0.15, 0.2) is 0 Å². The third kappa shape index (κ3) is 2.05. The Labute approximate surface area is 106 Å². The quantitative estimate of drug-likeness (QED) is 0.664. The van der Waals surface area contributed by atoms with Crippen LogP contribution in [-0.2, 0) is 14.3 Å². The van der Waals surface area contributed by atoms with Gasteiger partial charge in [0.25, 0.3) is 0 Å². The van der Waals surface area contributed by atoms with E-state index < -0.39 is 0 Å². The smallest absolute Gasteiger partial charge is 0.410 e. The van der Waals surface area contributed by atoms with E-state index in [2.05, 4.69) is 0 Å². The highest BCUT2D eigenvalue weighted by atomic mass is 16.6. The molecule has 0 saturated carbocycles. The average Bonchev–Trinajstić information content (AvgIpc) is 2.80. The number of amides is 2. The molecule has 0 spiro atoms. The van der Waals surface area contributed by atoms with Gasteiger partial charge in [0.05, 0.1) is 6.04 Å². The van der Waals surface area contributed by atoms with E-state index in [1.54, 1.807) is 4.90 Å². The number of rotatable bonds is 1. The topological polar surface area (TPSA) is 59.1 Å². The Kier molecular flexibility index (Phi) is 3.11. The molecule has 0 aliphatic carbocycles. The monoisotopic (exact) mass is 254 g/mol. The van der Waals surface area contributed by atoms with Crippen LogP contribution in [0.4, 0.5) is 4.79 Å². The number of nitrogens with zero attached hydrogens (tertiary/aromatic N) is 2. The van der Waals surface area contributed by atoms with Crippen molar-refractivity contribution in [2.75, 3.05) is 39.5 Å². The van der Waals surface area contributed by atoms with Crippen molar-refractivity contribution in [2.24, 2.45) is 5.92 Å². The maximum Gasteiger partial charge on any atom is 0.410 e. The van der Waals surface area contributed by atoms with Crippen molar-refractivity contribution in [1.82, 2.24) is 9.80 Å². The number of hydrogen-bond acceptors (Lipinski definition) is 4. The third-order valence-electron chi connectivity index (χ3n) is 4.00. The molecule has 3 saturated heterocycles. The fraction of sp³-hybridized carbons (Fsp3) is 0.833. The molecule has 3 aliphatic heterocycles. The van der Waals surface area contributed by atoms with Crippen LogP contribution in [0.2, 0.25) is 0 Å². The van der Waals surface area contributed by atoms with Crippen LogP contribution in [-0.4, -0.2) is 67.3 Å². The molecule has 0 aromatic carbocycles. The molecule has 3 aliphatic rings. The molecule has 1 atom stereocenters. The van der Waals surface area contributed by atoms with Crippen molar-refractivity contribution in [3.63, 3.8) is 0 Å². The Bertz CT molecular complexity index is 354. The van der Waals surface area contributed by atoms with Gasteiger partial charge >= 0.3 is 6.09 Å². The van der Waals surface area contributed by atoms with Crippen molar-refractivity contribution in [2.45, 2.75) is 18.9 Å². The van der Waals surface area contributed by atoms with Crippen LogP contribution >= 0.6 is 0 Å². The van der Waals surface area contributed by atoms with Crippen molar-refractivity contribution in [3.05, 3.63) is 0 Å². The second kappa shape index (κ2) is 4.76. The predicted octanol–water partition coefficient (Wildman–Crippen LogP) is 0.0760. The first-order valence-electron chi connectivity index (χ1n) is 6.55. The minimum absolute atomic E-state index is 0.0510. The van der Waals surface area contributed by atoms with Gasteiger partial charge in [0.2, 0.25) is 5.91 Å². The fourth-order valence-electron chi connectivity index (χ4n) is 2.89. The molecule has 2 amide bonds. The van der Waals surface area contributed by atoms with E-state index >= 15 is 0 Å². The number of carbonyl (C=O) groups is 2. The molecule has 18 heavy (non-hydrogen) atoms. The van der Waals surface area contributed by atoms with Crippen molar-refractivity contribution in [1.29, 1.82) is 0 Å². The van der Waals surface area contributed by atoms with Crippen molar-refractivity contribution < 1.29 is 19.1 Å². The molecule has 6 nitrogen and oxygen atoms in total. The molecule has 0 aromatic heterocycles.